The van der Waals surface area contributed by atoms with Crippen molar-refractivity contribution in [2.75, 3.05) is 0 Å². The van der Waals surface area contributed by atoms with E-state index in [4.69, 9.17) is 19.4 Å². The van der Waals surface area contributed by atoms with Gasteiger partial charge in [0.2, 0.25) is 0 Å². The minimum Gasteiger partial charge on any atom is -0.456 e. The Hall–Kier alpha value is -5.55. The number of fused-ring (bicyclic) bond motifs is 11. The maximum atomic E-state index is 6.27. The van der Waals surface area contributed by atoms with Crippen LogP contribution in [0.1, 0.15) is 0 Å². The first-order chi connectivity index (χ1) is 19.8. The van der Waals surface area contributed by atoms with Gasteiger partial charge >= 0.3 is 0 Å². The summed E-state index contributed by atoms with van der Waals surface area (Å²) in [5, 5.41) is 5.51. The highest BCUT2D eigenvalue weighted by molar-refractivity contribution is 6.17. The molecule has 4 heterocycles. The van der Waals surface area contributed by atoms with Crippen LogP contribution in [0.2, 0.25) is 0 Å². The molecule has 4 aromatic heterocycles. The van der Waals surface area contributed by atoms with Gasteiger partial charge in [0.15, 0.2) is 11.5 Å². The Balaban J connectivity index is 1.53. The van der Waals surface area contributed by atoms with Gasteiger partial charge in [0.1, 0.15) is 28.0 Å². The largest absolute Gasteiger partial charge is 0.456 e. The molecule has 0 bridgehead atoms. The van der Waals surface area contributed by atoms with Crippen LogP contribution in [0.3, 0.4) is 0 Å². The van der Waals surface area contributed by atoms with Gasteiger partial charge in [-0.15, -0.1) is 0 Å². The zero-order valence-corrected chi connectivity index (χ0v) is 21.2. The molecule has 40 heavy (non-hydrogen) atoms. The van der Waals surface area contributed by atoms with Gasteiger partial charge in [0.25, 0.3) is 0 Å². The van der Waals surface area contributed by atoms with Crippen molar-refractivity contribution in [3.8, 4) is 22.6 Å². The summed E-state index contributed by atoms with van der Waals surface area (Å²) in [7, 11) is 0. The second-order valence-electron chi connectivity index (χ2n) is 10.0. The van der Waals surface area contributed by atoms with E-state index in [2.05, 4.69) is 65.1 Å². The number of rotatable bonds is 2. The Morgan fingerprint density at radius 1 is 0.525 bits per heavy atom. The quantitative estimate of drug-likeness (QED) is 0.217. The predicted octanol–water partition coefficient (Wildman–Crippen LogP) is 8.82. The summed E-state index contributed by atoms with van der Waals surface area (Å²) >= 11 is 0. The maximum Gasteiger partial charge on any atom is 0.183 e. The van der Waals surface area contributed by atoms with E-state index in [1.165, 1.54) is 5.39 Å². The first kappa shape index (κ1) is 21.4. The molecule has 0 spiro atoms. The van der Waals surface area contributed by atoms with E-state index in [-0.39, 0.29) is 0 Å². The van der Waals surface area contributed by atoms with Gasteiger partial charge in [-0.25, -0.2) is 15.0 Å². The number of benzene rings is 5. The van der Waals surface area contributed by atoms with Crippen molar-refractivity contribution in [3.05, 3.63) is 121 Å². The SMILES string of the molecule is c1ccc(-c2nc(-c3cccc4oc5ccccc5c34)c3c(n2)nc2c4ccccc4c4ccccc4n23)cc1. The number of imidazole rings is 1. The molecular formula is C35H20N4O. The van der Waals surface area contributed by atoms with Gasteiger partial charge in [-0.05, 0) is 23.6 Å². The van der Waals surface area contributed by atoms with Crippen LogP contribution < -0.4 is 0 Å². The van der Waals surface area contributed by atoms with Crippen molar-refractivity contribution in [1.82, 2.24) is 19.4 Å². The molecule has 0 amide bonds. The number of aromatic nitrogens is 4. The lowest BCUT2D eigenvalue weighted by Crippen LogP contribution is -1.98. The number of pyridine rings is 1. The lowest BCUT2D eigenvalue weighted by atomic mass is 10.0. The molecule has 0 aliphatic rings. The molecule has 0 fully saturated rings. The Kier molecular flexibility index (Phi) is 4.27. The molecule has 0 atom stereocenters. The van der Waals surface area contributed by atoms with Crippen LogP contribution >= 0.6 is 0 Å². The molecule has 0 aliphatic carbocycles. The minimum atomic E-state index is 0.643. The van der Waals surface area contributed by atoms with Gasteiger partial charge in [0, 0.05) is 32.7 Å². The van der Waals surface area contributed by atoms with Gasteiger partial charge < -0.3 is 4.42 Å². The lowest BCUT2D eigenvalue weighted by Gasteiger charge is -2.11. The van der Waals surface area contributed by atoms with Crippen molar-refractivity contribution in [2.45, 2.75) is 0 Å². The summed E-state index contributed by atoms with van der Waals surface area (Å²) in [4.78, 5) is 15.5. The zero-order valence-electron chi connectivity index (χ0n) is 21.2. The van der Waals surface area contributed by atoms with E-state index in [0.717, 1.165) is 66.2 Å². The molecule has 9 aromatic rings. The summed E-state index contributed by atoms with van der Waals surface area (Å²) < 4.78 is 8.51. The normalized spacial score (nSPS) is 12.0. The highest BCUT2D eigenvalue weighted by Gasteiger charge is 2.23. The van der Waals surface area contributed by atoms with Crippen molar-refractivity contribution in [1.29, 1.82) is 0 Å². The van der Waals surface area contributed by atoms with Crippen LogP contribution in [0.5, 0.6) is 0 Å². The highest BCUT2D eigenvalue weighted by Crippen LogP contribution is 2.40. The van der Waals surface area contributed by atoms with Crippen LogP contribution in [0.15, 0.2) is 126 Å². The summed E-state index contributed by atoms with van der Waals surface area (Å²) in [6.07, 6.45) is 0. The summed E-state index contributed by atoms with van der Waals surface area (Å²) in [6, 6.07) is 41.4. The number of furan rings is 1. The fourth-order valence-electron chi connectivity index (χ4n) is 6.08. The molecule has 5 aromatic carbocycles. The molecule has 186 valence electrons. The van der Waals surface area contributed by atoms with Gasteiger partial charge in [0.05, 0.1) is 5.52 Å². The molecule has 0 aliphatic heterocycles. The molecule has 5 heteroatoms. The summed E-state index contributed by atoms with van der Waals surface area (Å²) in [5.74, 6) is 0.643. The van der Waals surface area contributed by atoms with Crippen molar-refractivity contribution < 1.29 is 4.42 Å². The fraction of sp³-hybridized carbons (Fsp3) is 0. The number of nitrogens with zero attached hydrogens (tertiary/aromatic N) is 4. The first-order valence-electron chi connectivity index (χ1n) is 13.3. The van der Waals surface area contributed by atoms with Crippen LogP contribution in [0.4, 0.5) is 0 Å². The maximum absolute atomic E-state index is 6.27. The van der Waals surface area contributed by atoms with Crippen molar-refractivity contribution in [3.63, 3.8) is 0 Å². The minimum absolute atomic E-state index is 0.643. The fourth-order valence-corrected chi connectivity index (χ4v) is 6.08. The van der Waals surface area contributed by atoms with E-state index in [1.54, 1.807) is 0 Å². The second-order valence-corrected chi connectivity index (χ2v) is 10.0. The Labute approximate surface area is 228 Å². The highest BCUT2D eigenvalue weighted by atomic mass is 16.3. The molecule has 0 unspecified atom stereocenters. The Morgan fingerprint density at radius 2 is 1.23 bits per heavy atom. The summed E-state index contributed by atoms with van der Waals surface area (Å²) in [5.41, 5.74) is 7.93. The van der Waals surface area contributed by atoms with Gasteiger partial charge in [-0.1, -0.05) is 103 Å². The van der Waals surface area contributed by atoms with Gasteiger partial charge in [-0.3, -0.25) is 4.40 Å². The van der Waals surface area contributed by atoms with E-state index < -0.39 is 0 Å². The number of hydrogen-bond donors (Lipinski definition) is 0. The molecule has 0 saturated heterocycles. The van der Waals surface area contributed by atoms with E-state index in [1.807, 2.05) is 60.7 Å². The van der Waals surface area contributed by atoms with Crippen molar-refractivity contribution >= 4 is 60.4 Å². The number of hydrogen-bond acceptors (Lipinski definition) is 4. The zero-order chi connectivity index (χ0) is 26.2. The Morgan fingerprint density at radius 3 is 2.10 bits per heavy atom. The molecule has 0 N–H and O–H groups in total. The predicted molar refractivity (Wildman–Crippen MR) is 161 cm³/mol. The van der Waals surface area contributed by atoms with Gasteiger partial charge in [-0.2, -0.15) is 0 Å². The second kappa shape index (κ2) is 7.98. The standard InChI is InChI=1S/C35H20N4O/c1-2-11-21(12-3-1)33-36-31(26-17-10-20-29-30(26)25-16-7-9-19-28(25)40-29)32-34(37-33)38-35-24-15-5-4-13-22(24)23-14-6-8-18-27(23)39(32)35/h1-20H. The average molecular weight is 513 g/mol. The van der Waals surface area contributed by atoms with Crippen LogP contribution in [0, 0.1) is 0 Å². The molecular weight excluding hydrogens is 492 g/mol. The number of para-hydroxylation sites is 2. The first-order valence-corrected chi connectivity index (χ1v) is 13.3. The molecule has 5 nitrogen and oxygen atoms in total. The Bertz CT molecular complexity index is 2440. The smallest absolute Gasteiger partial charge is 0.183 e. The topological polar surface area (TPSA) is 56.2 Å². The third-order valence-electron chi connectivity index (χ3n) is 7.81. The molecule has 9 rings (SSSR count). The monoisotopic (exact) mass is 512 g/mol. The molecule has 0 radical (unpaired) electrons. The van der Waals surface area contributed by atoms with E-state index in [0.29, 0.717) is 11.5 Å². The third kappa shape index (κ3) is 2.89. The van der Waals surface area contributed by atoms with Crippen LogP contribution in [-0.2, 0) is 0 Å². The van der Waals surface area contributed by atoms with Crippen molar-refractivity contribution in [2.24, 2.45) is 0 Å². The summed E-state index contributed by atoms with van der Waals surface area (Å²) in [6.45, 7) is 0. The van der Waals surface area contributed by atoms with Crippen LogP contribution in [-0.4, -0.2) is 19.4 Å². The van der Waals surface area contributed by atoms with E-state index in [9.17, 15) is 0 Å². The van der Waals surface area contributed by atoms with E-state index >= 15 is 0 Å². The third-order valence-corrected chi connectivity index (χ3v) is 7.81. The van der Waals surface area contributed by atoms with Crippen LogP contribution in [0.25, 0.3) is 83.1 Å². The molecule has 0 saturated carbocycles. The average Bonchev–Trinajstić information content (AvgIpc) is 3.60. The lowest BCUT2D eigenvalue weighted by molar-refractivity contribution is 0.669.